The van der Waals surface area contributed by atoms with Gasteiger partial charge in [-0.05, 0) is 38.8 Å². The first-order valence-corrected chi connectivity index (χ1v) is 6.96. The maximum absolute atomic E-state index is 5.76. The number of nitrogen functional groups attached to an aromatic ring is 1. The Balaban J connectivity index is 1.76. The molecule has 0 saturated carbocycles. The van der Waals surface area contributed by atoms with Crippen LogP contribution in [0, 0.1) is 5.92 Å². The Morgan fingerprint density at radius 1 is 1.42 bits per heavy atom. The zero-order valence-electron chi connectivity index (χ0n) is 11.6. The summed E-state index contributed by atoms with van der Waals surface area (Å²) in [5, 5.41) is 8.50. The number of aromatic nitrogens is 3. The van der Waals surface area contributed by atoms with E-state index in [1.807, 2.05) is 22.7 Å². The van der Waals surface area contributed by atoms with E-state index in [-0.39, 0.29) is 0 Å². The summed E-state index contributed by atoms with van der Waals surface area (Å²) in [5.41, 5.74) is 7.34. The number of hydrogen-bond donors (Lipinski definition) is 1. The van der Waals surface area contributed by atoms with Crippen LogP contribution in [0.3, 0.4) is 0 Å². The zero-order chi connectivity index (χ0) is 13.4. The van der Waals surface area contributed by atoms with Crippen molar-refractivity contribution in [3.05, 3.63) is 24.2 Å². The van der Waals surface area contributed by atoms with E-state index in [0.717, 1.165) is 23.6 Å². The first kappa shape index (κ1) is 12.4. The van der Waals surface area contributed by atoms with Gasteiger partial charge in [-0.3, -0.25) is 4.40 Å². The van der Waals surface area contributed by atoms with Gasteiger partial charge < -0.3 is 10.6 Å². The summed E-state index contributed by atoms with van der Waals surface area (Å²) in [4.78, 5) is 2.53. The number of likely N-dealkylation sites (tertiary alicyclic amines) is 1. The summed E-state index contributed by atoms with van der Waals surface area (Å²) in [6, 6.07) is 4.40. The molecule has 2 N–H and O–H groups in total. The number of anilines is 1. The van der Waals surface area contributed by atoms with Crippen molar-refractivity contribution in [2.75, 3.05) is 18.8 Å². The van der Waals surface area contributed by atoms with Crippen molar-refractivity contribution in [2.45, 2.75) is 32.7 Å². The lowest BCUT2D eigenvalue weighted by atomic mass is 10.0. The van der Waals surface area contributed by atoms with E-state index in [4.69, 9.17) is 5.73 Å². The van der Waals surface area contributed by atoms with Gasteiger partial charge in [-0.1, -0.05) is 0 Å². The normalized spacial score (nSPS) is 20.7. The minimum Gasteiger partial charge on any atom is -0.399 e. The zero-order valence-corrected chi connectivity index (χ0v) is 11.6. The number of rotatable bonds is 3. The van der Waals surface area contributed by atoms with Gasteiger partial charge in [0.1, 0.15) is 5.82 Å². The van der Waals surface area contributed by atoms with E-state index < -0.39 is 0 Å². The minimum absolute atomic E-state index is 0.639. The van der Waals surface area contributed by atoms with E-state index in [1.165, 1.54) is 19.5 Å². The maximum atomic E-state index is 5.76. The molecule has 2 aromatic heterocycles. The molecule has 3 heterocycles. The summed E-state index contributed by atoms with van der Waals surface area (Å²) in [5.74, 6) is 1.73. The van der Waals surface area contributed by atoms with Gasteiger partial charge >= 0.3 is 0 Å². The lowest BCUT2D eigenvalue weighted by molar-refractivity contribution is 0.264. The molecular formula is C14H21N5. The smallest absolute Gasteiger partial charge is 0.162 e. The van der Waals surface area contributed by atoms with Gasteiger partial charge in [0.05, 0.1) is 0 Å². The molecule has 1 atom stereocenters. The standard InChI is InChI=1S/C14H21N5/c1-10(2)18-5-3-11(9-18)7-13-16-17-14-8-12(15)4-6-19(13)14/h4,6,8,10-11H,3,5,7,9,15H2,1-2H3. The molecule has 0 amide bonds. The number of hydrogen-bond acceptors (Lipinski definition) is 4. The third-order valence-corrected chi connectivity index (χ3v) is 4.02. The van der Waals surface area contributed by atoms with E-state index >= 15 is 0 Å². The van der Waals surface area contributed by atoms with E-state index in [9.17, 15) is 0 Å². The highest BCUT2D eigenvalue weighted by Crippen LogP contribution is 2.22. The van der Waals surface area contributed by atoms with Crippen molar-refractivity contribution in [3.63, 3.8) is 0 Å². The van der Waals surface area contributed by atoms with Crippen molar-refractivity contribution in [3.8, 4) is 0 Å². The predicted octanol–water partition coefficient (Wildman–Crippen LogP) is 1.58. The summed E-state index contributed by atoms with van der Waals surface area (Å²) in [7, 11) is 0. The van der Waals surface area contributed by atoms with Crippen LogP contribution in [0.4, 0.5) is 5.69 Å². The summed E-state index contributed by atoms with van der Waals surface area (Å²) in [6.45, 7) is 6.89. The second kappa shape index (κ2) is 4.81. The van der Waals surface area contributed by atoms with Crippen LogP contribution < -0.4 is 5.73 Å². The molecule has 1 aliphatic rings. The Kier molecular flexibility index (Phi) is 3.14. The molecule has 0 spiro atoms. The molecule has 19 heavy (non-hydrogen) atoms. The quantitative estimate of drug-likeness (QED) is 0.909. The molecule has 102 valence electrons. The van der Waals surface area contributed by atoms with Crippen LogP contribution in [0.2, 0.25) is 0 Å². The first-order chi connectivity index (χ1) is 9.13. The number of nitrogens with zero attached hydrogens (tertiary/aromatic N) is 4. The SMILES string of the molecule is CC(C)N1CCC(Cc2nnc3cc(N)ccn23)C1. The van der Waals surface area contributed by atoms with Gasteiger partial charge in [0.25, 0.3) is 0 Å². The lowest BCUT2D eigenvalue weighted by Crippen LogP contribution is -2.28. The molecule has 3 rings (SSSR count). The van der Waals surface area contributed by atoms with Crippen molar-refractivity contribution < 1.29 is 0 Å². The molecule has 0 aromatic carbocycles. The molecule has 0 aliphatic carbocycles. The summed E-state index contributed by atoms with van der Waals surface area (Å²) < 4.78 is 2.05. The van der Waals surface area contributed by atoms with E-state index in [1.54, 1.807) is 0 Å². The minimum atomic E-state index is 0.639. The number of pyridine rings is 1. The highest BCUT2D eigenvalue weighted by molar-refractivity contribution is 5.51. The molecule has 5 nitrogen and oxygen atoms in total. The molecule has 0 bridgehead atoms. The average molecular weight is 259 g/mol. The third-order valence-electron chi connectivity index (χ3n) is 4.02. The number of fused-ring (bicyclic) bond motifs is 1. The Morgan fingerprint density at radius 3 is 3.00 bits per heavy atom. The van der Waals surface area contributed by atoms with E-state index in [2.05, 4.69) is 28.9 Å². The Labute approximate surface area is 113 Å². The van der Waals surface area contributed by atoms with Gasteiger partial charge in [-0.25, -0.2) is 0 Å². The first-order valence-electron chi connectivity index (χ1n) is 6.96. The molecule has 1 fully saturated rings. The summed E-state index contributed by atoms with van der Waals surface area (Å²) >= 11 is 0. The average Bonchev–Trinajstić information content (AvgIpc) is 2.97. The van der Waals surface area contributed by atoms with Gasteiger partial charge in [0.15, 0.2) is 5.65 Å². The molecular weight excluding hydrogens is 238 g/mol. The van der Waals surface area contributed by atoms with Crippen LogP contribution in [0.5, 0.6) is 0 Å². The van der Waals surface area contributed by atoms with Crippen LogP contribution in [0.15, 0.2) is 18.3 Å². The van der Waals surface area contributed by atoms with Crippen molar-refractivity contribution >= 4 is 11.3 Å². The van der Waals surface area contributed by atoms with Crippen LogP contribution >= 0.6 is 0 Å². The van der Waals surface area contributed by atoms with Crippen LogP contribution in [0.1, 0.15) is 26.1 Å². The fourth-order valence-electron chi connectivity index (χ4n) is 2.85. The number of nitrogens with two attached hydrogens (primary N) is 1. The van der Waals surface area contributed by atoms with Crippen molar-refractivity contribution in [1.82, 2.24) is 19.5 Å². The van der Waals surface area contributed by atoms with Crippen molar-refractivity contribution in [2.24, 2.45) is 5.92 Å². The molecule has 0 radical (unpaired) electrons. The fourth-order valence-corrected chi connectivity index (χ4v) is 2.85. The Morgan fingerprint density at radius 2 is 2.26 bits per heavy atom. The van der Waals surface area contributed by atoms with Gasteiger partial charge in [-0.15, -0.1) is 10.2 Å². The lowest BCUT2D eigenvalue weighted by Gasteiger charge is -2.20. The van der Waals surface area contributed by atoms with Crippen LogP contribution in [0.25, 0.3) is 5.65 Å². The fraction of sp³-hybridized carbons (Fsp3) is 0.571. The maximum Gasteiger partial charge on any atom is 0.162 e. The third kappa shape index (κ3) is 2.42. The van der Waals surface area contributed by atoms with Crippen LogP contribution in [-0.4, -0.2) is 38.6 Å². The van der Waals surface area contributed by atoms with E-state index in [0.29, 0.717) is 12.0 Å². The molecule has 1 unspecified atom stereocenters. The molecule has 2 aromatic rings. The van der Waals surface area contributed by atoms with Crippen LogP contribution in [-0.2, 0) is 6.42 Å². The highest BCUT2D eigenvalue weighted by atomic mass is 15.2. The Hall–Kier alpha value is -1.62. The molecule has 1 aliphatic heterocycles. The predicted molar refractivity (Wildman–Crippen MR) is 75.9 cm³/mol. The monoisotopic (exact) mass is 259 g/mol. The van der Waals surface area contributed by atoms with Gasteiger partial charge in [-0.2, -0.15) is 0 Å². The van der Waals surface area contributed by atoms with Gasteiger partial charge in [0.2, 0.25) is 0 Å². The molecule has 5 heteroatoms. The Bertz CT molecular complexity index is 574. The second-order valence-electron chi connectivity index (χ2n) is 5.75. The molecule has 1 saturated heterocycles. The summed E-state index contributed by atoms with van der Waals surface area (Å²) in [6.07, 6.45) is 4.21. The largest absolute Gasteiger partial charge is 0.399 e. The van der Waals surface area contributed by atoms with Crippen molar-refractivity contribution in [1.29, 1.82) is 0 Å². The highest BCUT2D eigenvalue weighted by Gasteiger charge is 2.25. The second-order valence-corrected chi connectivity index (χ2v) is 5.75. The van der Waals surface area contributed by atoms with Gasteiger partial charge in [0, 0.05) is 37.0 Å². The topological polar surface area (TPSA) is 59.5 Å².